The minimum absolute atomic E-state index is 0.353. The summed E-state index contributed by atoms with van der Waals surface area (Å²) >= 11 is 0. The largest absolute Gasteiger partial charge is 0.0732 e. The number of hydrogen-bond donors (Lipinski definition) is 0. The molecule has 1 saturated carbocycles. The van der Waals surface area contributed by atoms with Crippen LogP contribution in [-0.4, -0.2) is 0 Å². The van der Waals surface area contributed by atoms with Crippen molar-refractivity contribution >= 4 is 27.1 Å². The molecule has 3 aliphatic carbocycles. The Bertz CT molecular complexity index is 1460. The van der Waals surface area contributed by atoms with E-state index in [4.69, 9.17) is 0 Å². The highest BCUT2D eigenvalue weighted by atomic mass is 14.4. The number of benzene rings is 4. The van der Waals surface area contributed by atoms with Crippen LogP contribution in [0, 0.1) is 11.8 Å². The van der Waals surface area contributed by atoms with Crippen molar-refractivity contribution in [2.45, 2.75) is 31.6 Å². The van der Waals surface area contributed by atoms with Crippen LogP contribution in [0.1, 0.15) is 48.3 Å². The Balaban J connectivity index is 1.53. The Morgan fingerprint density at radius 1 is 0.576 bits per heavy atom. The molecule has 0 amide bonds. The van der Waals surface area contributed by atoms with Crippen LogP contribution in [0.15, 0.2) is 109 Å². The quantitative estimate of drug-likeness (QED) is 0.288. The van der Waals surface area contributed by atoms with Crippen molar-refractivity contribution in [2.75, 3.05) is 0 Å². The summed E-state index contributed by atoms with van der Waals surface area (Å²) in [6, 6.07) is 29.7. The van der Waals surface area contributed by atoms with Crippen molar-refractivity contribution in [1.82, 2.24) is 0 Å². The van der Waals surface area contributed by atoms with E-state index in [1.807, 2.05) is 0 Å². The SMILES string of the molecule is C1=CC(C2=C(C3CCCC3)C(c3cccc4c3ccc3ccccc34)c3ccccc32)C=C1. The van der Waals surface area contributed by atoms with Gasteiger partial charge in [-0.1, -0.05) is 122 Å². The Hall–Kier alpha value is -3.38. The minimum Gasteiger partial charge on any atom is -0.0732 e. The summed E-state index contributed by atoms with van der Waals surface area (Å²) < 4.78 is 0. The Kier molecular flexibility index (Phi) is 4.40. The van der Waals surface area contributed by atoms with Crippen LogP contribution >= 0.6 is 0 Å². The fourth-order valence-electron chi connectivity index (χ4n) is 6.81. The summed E-state index contributed by atoms with van der Waals surface area (Å²) in [6.07, 6.45) is 14.6. The fraction of sp³-hybridized carbons (Fsp3) is 0.212. The summed E-state index contributed by atoms with van der Waals surface area (Å²) in [4.78, 5) is 0. The standard InChI is InChI=1S/C33H28/c1-2-12-23(11-1)31-29-16-7-8-17-30(29)33(32(31)24-13-3-4-14-24)28-19-9-18-26-25-15-6-5-10-22(25)20-21-27(26)28/h1-2,5-12,15-21,23-24,33H,3-4,13-14H2. The van der Waals surface area contributed by atoms with E-state index in [0.29, 0.717) is 17.8 Å². The average molecular weight is 425 g/mol. The third-order valence-electron chi connectivity index (χ3n) is 8.19. The van der Waals surface area contributed by atoms with Crippen LogP contribution in [0.25, 0.3) is 27.1 Å². The third-order valence-corrected chi connectivity index (χ3v) is 8.19. The molecule has 0 spiro atoms. The highest BCUT2D eigenvalue weighted by Crippen LogP contribution is 2.55. The van der Waals surface area contributed by atoms with E-state index in [0.717, 1.165) is 0 Å². The average Bonchev–Trinajstić information content (AvgIpc) is 3.63. The number of hydrogen-bond acceptors (Lipinski definition) is 0. The van der Waals surface area contributed by atoms with Crippen LogP contribution in [0.2, 0.25) is 0 Å². The van der Waals surface area contributed by atoms with Gasteiger partial charge in [0.05, 0.1) is 0 Å². The first-order chi connectivity index (χ1) is 16.4. The van der Waals surface area contributed by atoms with E-state index >= 15 is 0 Å². The van der Waals surface area contributed by atoms with Crippen molar-refractivity contribution in [3.63, 3.8) is 0 Å². The van der Waals surface area contributed by atoms with Gasteiger partial charge in [-0.2, -0.15) is 0 Å². The molecule has 0 aromatic heterocycles. The maximum Gasteiger partial charge on any atom is 0.0320 e. The molecule has 7 rings (SSSR count). The Morgan fingerprint density at radius 2 is 1.30 bits per heavy atom. The van der Waals surface area contributed by atoms with E-state index in [1.54, 1.807) is 11.1 Å². The lowest BCUT2D eigenvalue weighted by Gasteiger charge is -2.25. The second-order valence-corrected chi connectivity index (χ2v) is 9.90. The molecule has 4 aromatic carbocycles. The molecule has 0 bridgehead atoms. The zero-order valence-electron chi connectivity index (χ0n) is 18.9. The van der Waals surface area contributed by atoms with Crippen molar-refractivity contribution in [3.05, 3.63) is 125 Å². The van der Waals surface area contributed by atoms with E-state index in [1.165, 1.54) is 63.9 Å². The third kappa shape index (κ3) is 2.90. The summed E-state index contributed by atoms with van der Waals surface area (Å²) in [5.74, 6) is 1.45. The molecule has 1 atom stereocenters. The van der Waals surface area contributed by atoms with Gasteiger partial charge in [-0.3, -0.25) is 0 Å². The van der Waals surface area contributed by atoms with E-state index in [9.17, 15) is 0 Å². The smallest absolute Gasteiger partial charge is 0.0320 e. The lowest BCUT2D eigenvalue weighted by Crippen LogP contribution is -2.10. The predicted molar refractivity (Wildman–Crippen MR) is 140 cm³/mol. The van der Waals surface area contributed by atoms with Gasteiger partial charge in [0.15, 0.2) is 0 Å². The van der Waals surface area contributed by atoms with Crippen LogP contribution in [0.4, 0.5) is 0 Å². The molecule has 33 heavy (non-hydrogen) atoms. The van der Waals surface area contributed by atoms with Gasteiger partial charge in [-0.25, -0.2) is 0 Å². The molecular weight excluding hydrogens is 396 g/mol. The first-order valence-corrected chi connectivity index (χ1v) is 12.5. The zero-order chi connectivity index (χ0) is 21.8. The molecule has 1 fully saturated rings. The predicted octanol–water partition coefficient (Wildman–Crippen LogP) is 8.82. The van der Waals surface area contributed by atoms with Crippen LogP contribution in [-0.2, 0) is 0 Å². The highest BCUT2D eigenvalue weighted by Gasteiger charge is 2.39. The maximum absolute atomic E-state index is 2.40. The Morgan fingerprint density at radius 3 is 2.18 bits per heavy atom. The van der Waals surface area contributed by atoms with Gasteiger partial charge in [0.25, 0.3) is 0 Å². The molecule has 1 unspecified atom stereocenters. The van der Waals surface area contributed by atoms with Gasteiger partial charge in [0.2, 0.25) is 0 Å². The van der Waals surface area contributed by atoms with Gasteiger partial charge < -0.3 is 0 Å². The molecule has 3 aliphatic rings. The van der Waals surface area contributed by atoms with Gasteiger partial charge in [-0.05, 0) is 62.6 Å². The first-order valence-electron chi connectivity index (χ1n) is 12.5. The monoisotopic (exact) mass is 424 g/mol. The minimum atomic E-state index is 0.353. The molecule has 0 heteroatoms. The van der Waals surface area contributed by atoms with Crippen molar-refractivity contribution < 1.29 is 0 Å². The zero-order valence-corrected chi connectivity index (χ0v) is 18.9. The number of allylic oxidation sites excluding steroid dienone is 6. The van der Waals surface area contributed by atoms with Gasteiger partial charge in [0.1, 0.15) is 0 Å². The van der Waals surface area contributed by atoms with E-state index in [2.05, 4.69) is 103 Å². The molecule has 0 N–H and O–H groups in total. The van der Waals surface area contributed by atoms with Crippen LogP contribution < -0.4 is 0 Å². The van der Waals surface area contributed by atoms with Crippen molar-refractivity contribution in [1.29, 1.82) is 0 Å². The molecule has 0 radical (unpaired) electrons. The molecular formula is C33H28. The normalized spacial score (nSPS) is 20.5. The second-order valence-electron chi connectivity index (χ2n) is 9.90. The molecule has 0 saturated heterocycles. The molecule has 0 nitrogen and oxygen atoms in total. The number of rotatable bonds is 3. The first kappa shape index (κ1) is 19.1. The van der Waals surface area contributed by atoms with Gasteiger partial charge in [-0.15, -0.1) is 0 Å². The molecule has 160 valence electrons. The lowest BCUT2D eigenvalue weighted by molar-refractivity contribution is 0.610. The van der Waals surface area contributed by atoms with E-state index in [-0.39, 0.29) is 0 Å². The molecule has 0 aliphatic heterocycles. The summed E-state index contributed by atoms with van der Waals surface area (Å²) in [7, 11) is 0. The van der Waals surface area contributed by atoms with Gasteiger partial charge in [0, 0.05) is 11.8 Å². The molecule has 0 heterocycles. The van der Waals surface area contributed by atoms with E-state index < -0.39 is 0 Å². The highest BCUT2D eigenvalue weighted by molar-refractivity contribution is 6.09. The fourth-order valence-corrected chi connectivity index (χ4v) is 6.81. The van der Waals surface area contributed by atoms with Crippen molar-refractivity contribution in [2.24, 2.45) is 11.8 Å². The van der Waals surface area contributed by atoms with Crippen LogP contribution in [0.3, 0.4) is 0 Å². The Labute approximate surface area is 196 Å². The number of fused-ring (bicyclic) bond motifs is 4. The van der Waals surface area contributed by atoms with Gasteiger partial charge >= 0.3 is 0 Å². The maximum atomic E-state index is 2.40. The summed E-state index contributed by atoms with van der Waals surface area (Å²) in [5, 5.41) is 5.46. The second kappa shape index (κ2) is 7.59. The lowest BCUT2D eigenvalue weighted by atomic mass is 9.78. The van der Waals surface area contributed by atoms with Crippen LogP contribution in [0.5, 0.6) is 0 Å². The van der Waals surface area contributed by atoms with Crippen molar-refractivity contribution in [3.8, 4) is 0 Å². The summed E-state index contributed by atoms with van der Waals surface area (Å²) in [5.41, 5.74) is 7.75. The molecule has 4 aromatic rings. The topological polar surface area (TPSA) is 0 Å². The summed E-state index contributed by atoms with van der Waals surface area (Å²) in [6.45, 7) is 0.